The lowest BCUT2D eigenvalue weighted by Crippen LogP contribution is -2.53. The predicted molar refractivity (Wildman–Crippen MR) is 121 cm³/mol. The number of methoxy groups -OCH3 is 1. The fourth-order valence-corrected chi connectivity index (χ4v) is 3.48. The number of carbonyl (C=O) groups excluding carboxylic acids is 2. The Hall–Kier alpha value is -2.60. The van der Waals surface area contributed by atoms with Crippen molar-refractivity contribution >= 4 is 23.4 Å². The van der Waals surface area contributed by atoms with Gasteiger partial charge < -0.3 is 15.0 Å². The van der Waals surface area contributed by atoms with Crippen LogP contribution in [0.5, 0.6) is 5.75 Å². The van der Waals surface area contributed by atoms with Crippen LogP contribution >= 0.6 is 11.6 Å². The molecule has 0 aromatic heterocycles. The van der Waals surface area contributed by atoms with E-state index in [2.05, 4.69) is 5.32 Å². The van der Waals surface area contributed by atoms with Gasteiger partial charge in [0.1, 0.15) is 17.6 Å². The molecule has 0 saturated carbocycles. The smallest absolute Gasteiger partial charge is 0.243 e. The highest BCUT2D eigenvalue weighted by atomic mass is 35.5. The van der Waals surface area contributed by atoms with Crippen LogP contribution < -0.4 is 10.1 Å². The number of rotatable bonds is 8. The Morgan fingerprint density at radius 3 is 2.32 bits per heavy atom. The number of hydrogen-bond acceptors (Lipinski definition) is 3. The minimum atomic E-state index is -0.709. The van der Waals surface area contributed by atoms with E-state index in [1.165, 1.54) is 17.0 Å². The van der Waals surface area contributed by atoms with Crippen molar-refractivity contribution in [1.29, 1.82) is 0 Å². The molecule has 2 aromatic carbocycles. The van der Waals surface area contributed by atoms with Crippen LogP contribution in [0.25, 0.3) is 0 Å². The van der Waals surface area contributed by atoms with Crippen LogP contribution in [-0.4, -0.2) is 35.4 Å². The van der Waals surface area contributed by atoms with Gasteiger partial charge in [-0.2, -0.15) is 0 Å². The Morgan fingerprint density at radius 2 is 1.81 bits per heavy atom. The zero-order valence-electron chi connectivity index (χ0n) is 18.7. The van der Waals surface area contributed by atoms with Crippen LogP contribution in [0.2, 0.25) is 5.02 Å². The second-order valence-corrected chi connectivity index (χ2v) is 8.82. The van der Waals surface area contributed by atoms with Crippen molar-refractivity contribution < 1.29 is 18.7 Å². The van der Waals surface area contributed by atoms with Crippen LogP contribution in [0.15, 0.2) is 42.5 Å². The highest BCUT2D eigenvalue weighted by molar-refractivity contribution is 6.31. The fourth-order valence-electron chi connectivity index (χ4n) is 3.25. The van der Waals surface area contributed by atoms with Crippen LogP contribution in [-0.2, 0) is 22.6 Å². The molecular formula is C24H30ClFN2O3. The number of amides is 2. The molecule has 0 aliphatic carbocycles. The summed E-state index contributed by atoms with van der Waals surface area (Å²) < 4.78 is 19.5. The molecule has 0 fully saturated rings. The molecule has 31 heavy (non-hydrogen) atoms. The molecule has 0 heterocycles. The molecule has 0 radical (unpaired) electrons. The molecule has 1 N–H and O–H groups in total. The van der Waals surface area contributed by atoms with Crippen LogP contribution in [0.4, 0.5) is 4.39 Å². The molecule has 1 unspecified atom stereocenters. The van der Waals surface area contributed by atoms with Gasteiger partial charge in [-0.25, -0.2) is 4.39 Å². The summed E-state index contributed by atoms with van der Waals surface area (Å²) >= 11 is 6.13. The third-order valence-electron chi connectivity index (χ3n) is 4.79. The van der Waals surface area contributed by atoms with Gasteiger partial charge in [0.25, 0.3) is 0 Å². The quantitative estimate of drug-likeness (QED) is 0.633. The monoisotopic (exact) mass is 448 g/mol. The van der Waals surface area contributed by atoms with Crippen molar-refractivity contribution in [1.82, 2.24) is 10.2 Å². The van der Waals surface area contributed by atoms with E-state index in [0.717, 1.165) is 5.56 Å². The lowest BCUT2D eigenvalue weighted by molar-refractivity contribution is -0.141. The number of hydrogen-bond donors (Lipinski definition) is 1. The second-order valence-electron chi connectivity index (χ2n) is 8.41. The molecule has 2 amide bonds. The summed E-state index contributed by atoms with van der Waals surface area (Å²) in [7, 11) is 1.58. The molecule has 7 heteroatoms. The molecule has 2 rings (SSSR count). The molecule has 0 aliphatic rings. The normalized spacial score (nSPS) is 12.2. The molecule has 5 nitrogen and oxygen atoms in total. The Labute approximate surface area is 188 Å². The molecule has 1 atom stereocenters. The lowest BCUT2D eigenvalue weighted by atomic mass is 10.0. The van der Waals surface area contributed by atoms with E-state index >= 15 is 0 Å². The van der Waals surface area contributed by atoms with Gasteiger partial charge >= 0.3 is 0 Å². The summed E-state index contributed by atoms with van der Waals surface area (Å²) in [5, 5.41) is 3.13. The maximum atomic E-state index is 14.3. The van der Waals surface area contributed by atoms with Gasteiger partial charge in [0.05, 0.1) is 13.5 Å². The molecule has 0 spiro atoms. The summed E-state index contributed by atoms with van der Waals surface area (Å²) in [4.78, 5) is 27.8. The van der Waals surface area contributed by atoms with Gasteiger partial charge in [-0.1, -0.05) is 36.7 Å². The SMILES string of the molecule is CCC(C(=O)NC(C)(C)C)N(Cc1ccc(OC)cc1)C(=O)Cc1c(F)cccc1Cl. The molecule has 0 aliphatic heterocycles. The third-order valence-corrected chi connectivity index (χ3v) is 5.14. The average molecular weight is 449 g/mol. The number of nitrogens with one attached hydrogen (secondary N) is 1. The van der Waals surface area contributed by atoms with Gasteiger partial charge in [0.2, 0.25) is 11.8 Å². The Bertz CT molecular complexity index is 890. The summed E-state index contributed by atoms with van der Waals surface area (Å²) in [6.07, 6.45) is 0.176. The summed E-state index contributed by atoms with van der Waals surface area (Å²) in [5.74, 6) is -0.482. The van der Waals surface area contributed by atoms with Gasteiger partial charge in [0, 0.05) is 22.7 Å². The maximum absolute atomic E-state index is 14.3. The van der Waals surface area contributed by atoms with E-state index < -0.39 is 17.4 Å². The van der Waals surface area contributed by atoms with Crippen molar-refractivity contribution in [3.05, 3.63) is 64.4 Å². The molecular weight excluding hydrogens is 419 g/mol. The topological polar surface area (TPSA) is 58.6 Å². The van der Waals surface area contributed by atoms with E-state index in [1.54, 1.807) is 25.3 Å². The minimum Gasteiger partial charge on any atom is -0.497 e. The number of ether oxygens (including phenoxy) is 1. The number of halogens is 2. The van der Waals surface area contributed by atoms with E-state index in [0.29, 0.717) is 12.2 Å². The third kappa shape index (κ3) is 6.96. The van der Waals surface area contributed by atoms with Crippen molar-refractivity contribution in [3.8, 4) is 5.75 Å². The van der Waals surface area contributed by atoms with Gasteiger partial charge in [-0.3, -0.25) is 9.59 Å². The summed E-state index contributed by atoms with van der Waals surface area (Å²) in [6.45, 7) is 7.69. The standard InChI is InChI=1S/C24H30ClFN2O3/c1-6-21(23(30)27-24(2,3)4)28(15-16-10-12-17(31-5)13-11-16)22(29)14-18-19(25)8-7-9-20(18)26/h7-13,21H,6,14-15H2,1-5H3,(H,27,30). The molecule has 0 saturated heterocycles. The highest BCUT2D eigenvalue weighted by Gasteiger charge is 2.31. The molecule has 2 aromatic rings. The fraction of sp³-hybridized carbons (Fsp3) is 0.417. The van der Waals surface area contributed by atoms with Gasteiger partial charge in [-0.05, 0) is 57.0 Å². The van der Waals surface area contributed by atoms with Gasteiger partial charge in [0.15, 0.2) is 0 Å². The summed E-state index contributed by atoms with van der Waals surface area (Å²) in [5.41, 5.74) is 0.504. The molecule has 0 bridgehead atoms. The van der Waals surface area contributed by atoms with E-state index in [9.17, 15) is 14.0 Å². The highest BCUT2D eigenvalue weighted by Crippen LogP contribution is 2.23. The Morgan fingerprint density at radius 1 is 1.16 bits per heavy atom. The lowest BCUT2D eigenvalue weighted by Gasteiger charge is -2.33. The van der Waals surface area contributed by atoms with Crippen molar-refractivity contribution in [2.45, 2.75) is 58.7 Å². The first-order chi connectivity index (χ1) is 14.6. The minimum absolute atomic E-state index is 0.125. The zero-order chi connectivity index (χ0) is 23.2. The largest absolute Gasteiger partial charge is 0.497 e. The van der Waals surface area contributed by atoms with Crippen molar-refractivity contribution in [3.63, 3.8) is 0 Å². The second kappa shape index (κ2) is 10.6. The average Bonchev–Trinajstić information content (AvgIpc) is 2.69. The number of benzene rings is 2. The van der Waals surface area contributed by atoms with E-state index in [-0.39, 0.29) is 35.4 Å². The zero-order valence-corrected chi connectivity index (χ0v) is 19.4. The Kier molecular flexibility index (Phi) is 8.45. The molecule has 168 valence electrons. The van der Waals surface area contributed by atoms with Crippen LogP contribution in [0.3, 0.4) is 0 Å². The first-order valence-corrected chi connectivity index (χ1v) is 10.6. The number of carbonyl (C=O) groups is 2. The predicted octanol–water partition coefficient (Wildman–Crippen LogP) is 4.75. The van der Waals surface area contributed by atoms with Crippen LogP contribution in [0.1, 0.15) is 45.2 Å². The Balaban J connectivity index is 2.37. The first-order valence-electron chi connectivity index (χ1n) is 10.2. The van der Waals surface area contributed by atoms with Gasteiger partial charge in [-0.15, -0.1) is 0 Å². The van der Waals surface area contributed by atoms with E-state index in [1.807, 2.05) is 39.8 Å². The van der Waals surface area contributed by atoms with Crippen LogP contribution in [0, 0.1) is 5.82 Å². The van der Waals surface area contributed by atoms with Crippen molar-refractivity contribution in [2.24, 2.45) is 0 Å². The van der Waals surface area contributed by atoms with Crippen molar-refractivity contribution in [2.75, 3.05) is 7.11 Å². The van der Waals surface area contributed by atoms with E-state index in [4.69, 9.17) is 16.3 Å². The summed E-state index contributed by atoms with van der Waals surface area (Å²) in [6, 6.07) is 10.9. The maximum Gasteiger partial charge on any atom is 0.243 e. The number of nitrogens with zero attached hydrogens (tertiary/aromatic N) is 1. The first kappa shape index (κ1) is 24.7.